The van der Waals surface area contributed by atoms with Gasteiger partial charge in [-0.05, 0) is 109 Å². The summed E-state index contributed by atoms with van der Waals surface area (Å²) in [5.41, 5.74) is -1.14. The van der Waals surface area contributed by atoms with Gasteiger partial charge in [0.2, 0.25) is 0 Å². The maximum atomic E-state index is 12.4. The van der Waals surface area contributed by atoms with Crippen LogP contribution < -0.4 is 0 Å². The molecule has 0 amide bonds. The molecule has 2 spiro atoms. The highest BCUT2D eigenvalue weighted by Crippen LogP contribution is 2.89. The minimum atomic E-state index is -1.66. The van der Waals surface area contributed by atoms with E-state index in [-0.39, 0.29) is 57.5 Å². The van der Waals surface area contributed by atoms with Gasteiger partial charge < -0.3 is 70.0 Å². The molecule has 14 nitrogen and oxygen atoms in total. The summed E-state index contributed by atoms with van der Waals surface area (Å²) in [6, 6.07) is 0. The number of aliphatic hydroxyl groups excluding tert-OH is 10. The van der Waals surface area contributed by atoms with E-state index >= 15 is 0 Å². The molecule has 7 aliphatic rings. The number of hydrogen-bond acceptors (Lipinski definition) is 14. The zero-order valence-electron chi connectivity index (χ0n) is 34.4. The lowest BCUT2D eigenvalue weighted by molar-refractivity contribution is -0.343. The first-order chi connectivity index (χ1) is 26.1. The van der Waals surface area contributed by atoms with Crippen LogP contribution in [-0.4, -0.2) is 150 Å². The van der Waals surface area contributed by atoms with Gasteiger partial charge in [-0.1, -0.05) is 48.5 Å². The van der Waals surface area contributed by atoms with Crippen LogP contribution in [0.5, 0.6) is 0 Å². The average Bonchev–Trinajstić information content (AvgIpc) is 3.74. The van der Waals surface area contributed by atoms with Crippen molar-refractivity contribution in [2.45, 2.75) is 192 Å². The number of fused-ring (bicyclic) bond motifs is 2. The van der Waals surface area contributed by atoms with E-state index in [0.717, 1.165) is 32.1 Å². The third-order valence-corrected chi connectivity index (χ3v) is 17.7. The van der Waals surface area contributed by atoms with Gasteiger partial charge >= 0.3 is 0 Å². The standard InChI is InChI=1S/C42H72O14/c1-19(2)21(44)9-8-20(3)29-22(45)14-39(6)26-11-10-25-38(4,5)28(12-13-41(25)18-42(26,41)15-27(46)40(29,39)7)56-37-35(52)33(50)31(48)24(55-37)17-53-36-34(51)32(49)30(47)23(16-43)54-36/h19-37,43-52H,8-18H2,1-7H3/t20-,21+,22+,23-,24-,25+,26+,27+,28+,29+,30-,31-,32+,33+,34-,35-,36-,37+,39+,40-,41-,42+/m1/s1. The Morgan fingerprint density at radius 3 is 1.95 bits per heavy atom. The molecule has 2 aliphatic heterocycles. The Labute approximate surface area is 331 Å². The molecule has 0 aromatic carbocycles. The zero-order valence-corrected chi connectivity index (χ0v) is 34.4. The first-order valence-electron chi connectivity index (χ1n) is 21.4. The molecule has 10 N–H and O–H groups in total. The van der Waals surface area contributed by atoms with Crippen LogP contribution in [-0.2, 0) is 18.9 Å². The van der Waals surface area contributed by atoms with E-state index in [9.17, 15) is 51.1 Å². The molecule has 0 unspecified atom stereocenters. The van der Waals surface area contributed by atoms with Crippen molar-refractivity contribution in [2.75, 3.05) is 13.2 Å². The summed E-state index contributed by atoms with van der Waals surface area (Å²) in [5.74, 6) is 0.873. The van der Waals surface area contributed by atoms with Crippen molar-refractivity contribution in [3.63, 3.8) is 0 Å². The van der Waals surface area contributed by atoms with E-state index in [2.05, 4.69) is 34.6 Å². The Bertz CT molecular complexity index is 1400. The highest BCUT2D eigenvalue weighted by atomic mass is 16.7. The van der Waals surface area contributed by atoms with Gasteiger partial charge in [-0.3, -0.25) is 0 Å². The van der Waals surface area contributed by atoms with Gasteiger partial charge in [-0.15, -0.1) is 0 Å². The molecule has 14 heteroatoms. The van der Waals surface area contributed by atoms with E-state index in [1.54, 1.807) is 0 Å². The Morgan fingerprint density at radius 2 is 1.30 bits per heavy atom. The summed E-state index contributed by atoms with van der Waals surface area (Å²) in [6.45, 7) is 14.2. The van der Waals surface area contributed by atoms with Gasteiger partial charge in [0.15, 0.2) is 12.6 Å². The van der Waals surface area contributed by atoms with E-state index in [4.69, 9.17) is 18.9 Å². The average molecular weight is 801 g/mol. The third kappa shape index (κ3) is 6.32. The summed E-state index contributed by atoms with van der Waals surface area (Å²) in [4.78, 5) is 0. The molecule has 0 bridgehead atoms. The number of aliphatic hydroxyl groups is 10. The first-order valence-corrected chi connectivity index (χ1v) is 21.4. The second-order valence-corrected chi connectivity index (χ2v) is 20.8. The Kier molecular flexibility index (Phi) is 11.7. The van der Waals surface area contributed by atoms with Crippen LogP contribution in [0.15, 0.2) is 0 Å². The Balaban J connectivity index is 1.04. The monoisotopic (exact) mass is 800 g/mol. The quantitative estimate of drug-likeness (QED) is 0.130. The molecule has 324 valence electrons. The maximum Gasteiger partial charge on any atom is 0.186 e. The van der Waals surface area contributed by atoms with E-state index < -0.39 is 92.2 Å². The topological polar surface area (TPSA) is 239 Å². The maximum absolute atomic E-state index is 12.4. The lowest BCUT2D eigenvalue weighted by Gasteiger charge is -2.64. The summed E-state index contributed by atoms with van der Waals surface area (Å²) in [6.07, 6.45) is -9.31. The van der Waals surface area contributed by atoms with Crippen LogP contribution in [0.1, 0.15) is 106 Å². The Morgan fingerprint density at radius 1 is 0.696 bits per heavy atom. The van der Waals surface area contributed by atoms with Crippen molar-refractivity contribution in [2.24, 2.45) is 56.7 Å². The normalized spacial score (nSPS) is 54.8. The fourth-order valence-corrected chi connectivity index (χ4v) is 14.4. The minimum Gasteiger partial charge on any atom is -0.394 e. The van der Waals surface area contributed by atoms with Crippen molar-refractivity contribution in [1.29, 1.82) is 0 Å². The van der Waals surface area contributed by atoms with Gasteiger partial charge in [-0.2, -0.15) is 0 Å². The van der Waals surface area contributed by atoms with Gasteiger partial charge in [-0.25, -0.2) is 0 Å². The number of ether oxygens (including phenoxy) is 4. The van der Waals surface area contributed by atoms with Crippen molar-refractivity contribution < 1.29 is 70.0 Å². The predicted octanol–water partition coefficient (Wildman–Crippen LogP) is 0.810. The Hall–Kier alpha value is -0.560. The molecule has 0 aromatic heterocycles. The van der Waals surface area contributed by atoms with E-state index in [0.29, 0.717) is 31.6 Å². The molecule has 0 aromatic rings. The summed E-state index contributed by atoms with van der Waals surface area (Å²) < 4.78 is 23.7. The van der Waals surface area contributed by atoms with Crippen LogP contribution in [0, 0.1) is 56.7 Å². The number of rotatable bonds is 11. The summed E-state index contributed by atoms with van der Waals surface area (Å²) in [5, 5.41) is 108. The van der Waals surface area contributed by atoms with Crippen LogP contribution in [0.25, 0.3) is 0 Å². The van der Waals surface area contributed by atoms with Gasteiger partial charge in [0, 0.05) is 5.41 Å². The van der Waals surface area contributed by atoms with Crippen LogP contribution in [0.4, 0.5) is 0 Å². The highest BCUT2D eigenvalue weighted by molar-refractivity contribution is 5.32. The fraction of sp³-hybridized carbons (Fsp3) is 1.00. The molecule has 7 rings (SSSR count). The van der Waals surface area contributed by atoms with Crippen molar-refractivity contribution in [3.05, 3.63) is 0 Å². The van der Waals surface area contributed by atoms with Crippen molar-refractivity contribution in [3.8, 4) is 0 Å². The largest absolute Gasteiger partial charge is 0.394 e. The van der Waals surface area contributed by atoms with Gasteiger partial charge in [0.05, 0.1) is 37.6 Å². The smallest absolute Gasteiger partial charge is 0.186 e. The van der Waals surface area contributed by atoms with Crippen LogP contribution in [0.2, 0.25) is 0 Å². The van der Waals surface area contributed by atoms with Crippen LogP contribution >= 0.6 is 0 Å². The summed E-state index contributed by atoms with van der Waals surface area (Å²) >= 11 is 0. The fourth-order valence-electron chi connectivity index (χ4n) is 14.4. The van der Waals surface area contributed by atoms with Crippen molar-refractivity contribution >= 4 is 0 Å². The molecule has 5 aliphatic carbocycles. The molecule has 22 atom stereocenters. The molecule has 0 radical (unpaired) electrons. The van der Waals surface area contributed by atoms with Gasteiger partial charge in [0.1, 0.15) is 48.8 Å². The number of hydrogen-bond donors (Lipinski definition) is 10. The van der Waals surface area contributed by atoms with Gasteiger partial charge in [0.25, 0.3) is 0 Å². The minimum absolute atomic E-state index is 0.00412. The molecule has 2 heterocycles. The molecular formula is C42H72O14. The molecular weight excluding hydrogens is 728 g/mol. The molecule has 2 saturated heterocycles. The molecule has 56 heavy (non-hydrogen) atoms. The molecule has 7 fully saturated rings. The van der Waals surface area contributed by atoms with Crippen molar-refractivity contribution in [1.82, 2.24) is 0 Å². The second-order valence-electron chi connectivity index (χ2n) is 20.8. The predicted molar refractivity (Wildman–Crippen MR) is 200 cm³/mol. The highest BCUT2D eigenvalue weighted by Gasteiger charge is 2.84. The third-order valence-electron chi connectivity index (χ3n) is 17.7. The van der Waals surface area contributed by atoms with Crippen LogP contribution in [0.3, 0.4) is 0 Å². The van der Waals surface area contributed by atoms with E-state index in [1.807, 2.05) is 13.8 Å². The second kappa shape index (κ2) is 15.1. The first kappa shape index (κ1) is 43.5. The lowest BCUT2D eigenvalue weighted by atomic mass is 9.41. The summed E-state index contributed by atoms with van der Waals surface area (Å²) in [7, 11) is 0. The zero-order chi connectivity index (χ0) is 41.1. The molecule has 5 saturated carbocycles. The lowest BCUT2D eigenvalue weighted by Crippen LogP contribution is -2.64. The SMILES string of the molecule is CC(C)[C@@H](O)CC[C@@H](C)[C@H]1[C@@H](O)C[C@@]2(C)[C@@H]3CC[C@H]4C(C)(C)[C@@H](O[C@@H]5O[C@H](CO[C@@H]6O[C@H](CO)[C@@H](O)[C@H](O)[C@H]6O)[C@@H](O)[C@H](O)[C@H]5O)CC[C@@]45C[C@@]35C[C@H](O)[C@]12C. The van der Waals surface area contributed by atoms with E-state index in [1.165, 1.54) is 0 Å².